The van der Waals surface area contributed by atoms with E-state index in [4.69, 9.17) is 10.5 Å². The molecular weight excluding hydrogens is 158 g/mol. The molecule has 12 heavy (non-hydrogen) atoms. The first kappa shape index (κ1) is 9.48. The Bertz CT molecular complexity index is 154. The zero-order valence-corrected chi connectivity index (χ0v) is 7.29. The molecule has 0 amide bonds. The highest BCUT2D eigenvalue weighted by Gasteiger charge is 2.24. The van der Waals surface area contributed by atoms with E-state index in [1.54, 1.807) is 0 Å². The fraction of sp³-hybridized carbons (Fsp3) is 0.875. The van der Waals surface area contributed by atoms with Crippen LogP contribution in [0.1, 0.15) is 19.3 Å². The Labute approximate surface area is 72.0 Å². The number of rotatable bonds is 3. The van der Waals surface area contributed by atoms with Crippen molar-refractivity contribution >= 4 is 5.97 Å². The summed E-state index contributed by atoms with van der Waals surface area (Å²) in [5.41, 5.74) is 5.73. The van der Waals surface area contributed by atoms with Crippen LogP contribution < -0.4 is 5.73 Å². The van der Waals surface area contributed by atoms with Gasteiger partial charge in [0.05, 0.1) is 19.6 Å². The van der Waals surface area contributed by atoms with Gasteiger partial charge < -0.3 is 15.2 Å². The molecule has 0 spiro atoms. The Kier molecular flexibility index (Phi) is 3.49. The van der Waals surface area contributed by atoms with Gasteiger partial charge in [-0.15, -0.1) is 0 Å². The second-order valence-electron chi connectivity index (χ2n) is 3.00. The van der Waals surface area contributed by atoms with E-state index in [2.05, 4.69) is 4.74 Å². The molecule has 1 rings (SSSR count). The van der Waals surface area contributed by atoms with E-state index in [1.807, 2.05) is 0 Å². The molecule has 0 aromatic heterocycles. The Morgan fingerprint density at radius 2 is 2.58 bits per heavy atom. The summed E-state index contributed by atoms with van der Waals surface area (Å²) in [6.45, 7) is 0.763. The number of carbonyl (C=O) groups is 1. The minimum atomic E-state index is -0.266. The van der Waals surface area contributed by atoms with Gasteiger partial charge in [-0.1, -0.05) is 0 Å². The second kappa shape index (κ2) is 4.42. The van der Waals surface area contributed by atoms with Crippen LogP contribution >= 0.6 is 0 Å². The van der Waals surface area contributed by atoms with Crippen molar-refractivity contribution in [2.24, 2.45) is 5.73 Å². The number of methoxy groups -OCH3 is 1. The molecule has 1 fully saturated rings. The maximum Gasteiger partial charge on any atom is 0.307 e. The Balaban J connectivity index is 2.26. The van der Waals surface area contributed by atoms with Crippen LogP contribution in [0, 0.1) is 0 Å². The third-order valence-electron chi connectivity index (χ3n) is 2.07. The van der Waals surface area contributed by atoms with Crippen LogP contribution in [0.3, 0.4) is 0 Å². The van der Waals surface area contributed by atoms with E-state index in [0.29, 0.717) is 0 Å². The summed E-state index contributed by atoms with van der Waals surface area (Å²) < 4.78 is 9.83. The highest BCUT2D eigenvalue weighted by atomic mass is 16.5. The quantitative estimate of drug-likeness (QED) is 0.613. The highest BCUT2D eigenvalue weighted by Crippen LogP contribution is 2.16. The van der Waals surface area contributed by atoms with Gasteiger partial charge in [-0.2, -0.15) is 0 Å². The summed E-state index contributed by atoms with van der Waals surface area (Å²) in [7, 11) is 1.37. The molecule has 1 aliphatic heterocycles. The van der Waals surface area contributed by atoms with Crippen molar-refractivity contribution in [3.63, 3.8) is 0 Å². The molecule has 2 atom stereocenters. The van der Waals surface area contributed by atoms with E-state index in [1.165, 1.54) is 7.11 Å². The zero-order valence-electron chi connectivity index (χ0n) is 7.29. The topological polar surface area (TPSA) is 61.5 Å². The van der Waals surface area contributed by atoms with Crippen molar-refractivity contribution < 1.29 is 14.3 Å². The minimum absolute atomic E-state index is 0.0455. The number of esters is 1. The fourth-order valence-electron chi connectivity index (χ4n) is 1.35. The van der Waals surface area contributed by atoms with Crippen molar-refractivity contribution in [2.75, 3.05) is 13.7 Å². The fourth-order valence-corrected chi connectivity index (χ4v) is 1.35. The smallest absolute Gasteiger partial charge is 0.307 e. The van der Waals surface area contributed by atoms with Gasteiger partial charge in [0, 0.05) is 12.6 Å². The predicted molar refractivity (Wildman–Crippen MR) is 43.6 cm³/mol. The standard InChI is InChI=1S/C8H15NO3/c1-11-8(10)5-6(9)7-3-2-4-12-7/h6-7H,2-5,9H2,1H3/t6-,7?/m0/s1. The Morgan fingerprint density at radius 3 is 3.08 bits per heavy atom. The van der Waals surface area contributed by atoms with Gasteiger partial charge in [0.15, 0.2) is 0 Å². The first-order chi connectivity index (χ1) is 5.74. The van der Waals surface area contributed by atoms with Crippen LogP contribution in [-0.4, -0.2) is 31.8 Å². The summed E-state index contributed by atoms with van der Waals surface area (Å²) in [5.74, 6) is -0.266. The van der Waals surface area contributed by atoms with E-state index in [-0.39, 0.29) is 24.5 Å². The lowest BCUT2D eigenvalue weighted by atomic mass is 10.1. The van der Waals surface area contributed by atoms with Gasteiger partial charge in [0.1, 0.15) is 0 Å². The maximum atomic E-state index is 10.8. The van der Waals surface area contributed by atoms with Crippen LogP contribution in [-0.2, 0) is 14.3 Å². The maximum absolute atomic E-state index is 10.8. The molecule has 0 saturated carbocycles. The summed E-state index contributed by atoms with van der Waals surface area (Å²) in [4.78, 5) is 10.8. The molecule has 0 aliphatic carbocycles. The third-order valence-corrected chi connectivity index (χ3v) is 2.07. The molecule has 0 aromatic carbocycles. The number of ether oxygens (including phenoxy) is 2. The zero-order chi connectivity index (χ0) is 8.97. The second-order valence-corrected chi connectivity index (χ2v) is 3.00. The van der Waals surface area contributed by atoms with Crippen LogP contribution in [0.4, 0.5) is 0 Å². The summed E-state index contributed by atoms with van der Waals surface area (Å²) in [6.07, 6.45) is 2.29. The monoisotopic (exact) mass is 173 g/mol. The van der Waals surface area contributed by atoms with Crippen LogP contribution in [0.15, 0.2) is 0 Å². The van der Waals surface area contributed by atoms with E-state index in [9.17, 15) is 4.79 Å². The summed E-state index contributed by atoms with van der Waals surface area (Å²) in [5, 5.41) is 0. The van der Waals surface area contributed by atoms with Crippen molar-refractivity contribution in [3.05, 3.63) is 0 Å². The lowest BCUT2D eigenvalue weighted by Crippen LogP contribution is -2.36. The Hall–Kier alpha value is -0.610. The molecular formula is C8H15NO3. The molecule has 0 aromatic rings. The number of nitrogens with two attached hydrogens (primary N) is 1. The molecule has 0 radical (unpaired) electrons. The SMILES string of the molecule is COC(=O)C[C@H](N)C1CCCO1. The van der Waals surface area contributed by atoms with Gasteiger partial charge in [0.25, 0.3) is 0 Å². The number of hydrogen-bond acceptors (Lipinski definition) is 4. The van der Waals surface area contributed by atoms with Gasteiger partial charge in [-0.05, 0) is 12.8 Å². The van der Waals surface area contributed by atoms with E-state index < -0.39 is 0 Å². The van der Waals surface area contributed by atoms with Crippen LogP contribution in [0.25, 0.3) is 0 Å². The number of hydrogen-bond donors (Lipinski definition) is 1. The van der Waals surface area contributed by atoms with E-state index in [0.717, 1.165) is 19.4 Å². The first-order valence-electron chi connectivity index (χ1n) is 4.18. The molecule has 1 aliphatic rings. The van der Waals surface area contributed by atoms with Gasteiger partial charge in [0.2, 0.25) is 0 Å². The number of carbonyl (C=O) groups excluding carboxylic acids is 1. The van der Waals surface area contributed by atoms with Crippen molar-refractivity contribution in [3.8, 4) is 0 Å². The molecule has 4 heteroatoms. The van der Waals surface area contributed by atoms with Crippen molar-refractivity contribution in [1.82, 2.24) is 0 Å². The summed E-state index contributed by atoms with van der Waals surface area (Å²) in [6, 6.07) is -0.208. The van der Waals surface area contributed by atoms with E-state index >= 15 is 0 Å². The predicted octanol–water partition coefficient (Wildman–Crippen LogP) is 0.0558. The Morgan fingerprint density at radius 1 is 1.83 bits per heavy atom. The molecule has 4 nitrogen and oxygen atoms in total. The largest absolute Gasteiger partial charge is 0.469 e. The average Bonchev–Trinajstić information content (AvgIpc) is 2.56. The molecule has 1 unspecified atom stereocenters. The van der Waals surface area contributed by atoms with Crippen LogP contribution in [0.2, 0.25) is 0 Å². The lowest BCUT2D eigenvalue weighted by Gasteiger charge is -2.16. The average molecular weight is 173 g/mol. The van der Waals surface area contributed by atoms with Gasteiger partial charge in [-0.3, -0.25) is 4.79 Å². The first-order valence-corrected chi connectivity index (χ1v) is 4.18. The molecule has 1 heterocycles. The lowest BCUT2D eigenvalue weighted by molar-refractivity contribution is -0.141. The molecule has 70 valence electrons. The van der Waals surface area contributed by atoms with Gasteiger partial charge in [-0.25, -0.2) is 0 Å². The molecule has 2 N–H and O–H groups in total. The minimum Gasteiger partial charge on any atom is -0.469 e. The molecule has 0 bridgehead atoms. The van der Waals surface area contributed by atoms with Crippen LogP contribution in [0.5, 0.6) is 0 Å². The normalized spacial score (nSPS) is 25.3. The third kappa shape index (κ3) is 2.46. The highest BCUT2D eigenvalue weighted by molar-refractivity contribution is 5.69. The van der Waals surface area contributed by atoms with Gasteiger partial charge >= 0.3 is 5.97 Å². The molecule has 1 saturated heterocycles. The summed E-state index contributed by atoms with van der Waals surface area (Å²) >= 11 is 0. The van der Waals surface area contributed by atoms with Crippen molar-refractivity contribution in [1.29, 1.82) is 0 Å². The van der Waals surface area contributed by atoms with Crippen molar-refractivity contribution in [2.45, 2.75) is 31.4 Å².